The number of rotatable bonds is 6. The minimum absolute atomic E-state index is 0.115. The summed E-state index contributed by atoms with van der Waals surface area (Å²) in [6, 6.07) is 22.5. The molecule has 0 bridgehead atoms. The van der Waals surface area contributed by atoms with Crippen LogP contribution >= 0.6 is 23.2 Å². The minimum Gasteiger partial charge on any atom is -0.324 e. The largest absolute Gasteiger partial charge is 0.324 e. The summed E-state index contributed by atoms with van der Waals surface area (Å²) in [4.78, 5) is 15.2. The van der Waals surface area contributed by atoms with Crippen LogP contribution in [-0.4, -0.2) is 17.9 Å². The highest BCUT2D eigenvalue weighted by Gasteiger charge is 2.25. The first kappa shape index (κ1) is 20.4. The quantitative estimate of drug-likeness (QED) is 0.529. The summed E-state index contributed by atoms with van der Waals surface area (Å²) in [6.45, 7) is 2.52. The Bertz CT molecular complexity index is 960. The van der Waals surface area contributed by atoms with Crippen LogP contribution in [-0.2, 0) is 11.3 Å². The van der Waals surface area contributed by atoms with Crippen LogP contribution in [0.2, 0.25) is 10.0 Å². The molecule has 0 fully saturated rings. The Morgan fingerprint density at radius 3 is 2.43 bits per heavy atom. The smallest absolute Gasteiger partial charge is 0.246 e. The van der Waals surface area contributed by atoms with Crippen molar-refractivity contribution in [2.75, 3.05) is 12.4 Å². The molecule has 0 unspecified atom stereocenters. The summed E-state index contributed by atoms with van der Waals surface area (Å²) in [5.74, 6) is -0.115. The Hall–Kier alpha value is -2.33. The Kier molecular flexibility index (Phi) is 6.74. The molecule has 3 nitrogen and oxygen atoms in total. The summed E-state index contributed by atoms with van der Waals surface area (Å²) in [5.41, 5.74) is 3.61. The van der Waals surface area contributed by atoms with E-state index in [1.807, 2.05) is 85.6 Å². The summed E-state index contributed by atoms with van der Waals surface area (Å²) in [7, 11) is 1.93. The second-order valence-electron chi connectivity index (χ2n) is 6.81. The Morgan fingerprint density at radius 1 is 1.00 bits per heavy atom. The molecular weight excluding hydrogens is 391 g/mol. The molecule has 0 aliphatic carbocycles. The molecule has 3 aromatic carbocycles. The number of carbonyl (C=O) groups excluding carboxylic acids is 1. The van der Waals surface area contributed by atoms with Crippen LogP contribution in [0.25, 0.3) is 0 Å². The highest BCUT2D eigenvalue weighted by molar-refractivity contribution is 6.31. The standard InChI is InChI=1S/C23H22Cl2N2O/c1-16-11-12-20(14-21(16)25)26-23(28)22(18-8-4-3-5-9-18)27(2)15-17-7-6-10-19(24)13-17/h3-14,22H,15H2,1-2H3,(H,26,28)/t22-/m1/s1. The number of anilines is 1. The van der Waals surface area contributed by atoms with Gasteiger partial charge in [0.15, 0.2) is 0 Å². The van der Waals surface area contributed by atoms with Crippen molar-refractivity contribution in [3.05, 3.63) is 99.5 Å². The highest BCUT2D eigenvalue weighted by atomic mass is 35.5. The van der Waals surface area contributed by atoms with Crippen molar-refractivity contribution >= 4 is 34.8 Å². The van der Waals surface area contributed by atoms with E-state index in [9.17, 15) is 4.79 Å². The second kappa shape index (κ2) is 9.24. The van der Waals surface area contributed by atoms with Gasteiger partial charge in [0.25, 0.3) is 0 Å². The molecule has 0 aliphatic heterocycles. The lowest BCUT2D eigenvalue weighted by Crippen LogP contribution is -2.34. The number of aryl methyl sites for hydroxylation is 1. The Labute approximate surface area is 175 Å². The van der Waals surface area contributed by atoms with E-state index in [4.69, 9.17) is 23.2 Å². The third kappa shape index (κ3) is 5.14. The van der Waals surface area contributed by atoms with Gasteiger partial charge in [0.2, 0.25) is 5.91 Å². The molecule has 0 spiro atoms. The van der Waals surface area contributed by atoms with Crippen LogP contribution in [0.3, 0.4) is 0 Å². The van der Waals surface area contributed by atoms with Crippen molar-refractivity contribution in [2.45, 2.75) is 19.5 Å². The van der Waals surface area contributed by atoms with Crippen LogP contribution in [0.4, 0.5) is 5.69 Å². The van der Waals surface area contributed by atoms with Gasteiger partial charge >= 0.3 is 0 Å². The topological polar surface area (TPSA) is 32.3 Å². The van der Waals surface area contributed by atoms with Crippen LogP contribution in [0, 0.1) is 6.92 Å². The molecule has 1 N–H and O–H groups in total. The third-order valence-electron chi connectivity index (χ3n) is 4.56. The number of hydrogen-bond donors (Lipinski definition) is 1. The van der Waals surface area contributed by atoms with E-state index in [2.05, 4.69) is 5.32 Å². The monoisotopic (exact) mass is 412 g/mol. The van der Waals surface area contributed by atoms with Gasteiger partial charge in [-0.1, -0.05) is 71.7 Å². The maximum absolute atomic E-state index is 13.2. The van der Waals surface area contributed by atoms with Gasteiger partial charge in [-0.2, -0.15) is 0 Å². The normalized spacial score (nSPS) is 12.0. The highest BCUT2D eigenvalue weighted by Crippen LogP contribution is 2.26. The molecule has 1 amide bonds. The van der Waals surface area contributed by atoms with Gasteiger partial charge in [0.05, 0.1) is 0 Å². The summed E-state index contributed by atoms with van der Waals surface area (Å²) < 4.78 is 0. The van der Waals surface area contributed by atoms with Crippen molar-refractivity contribution in [3.8, 4) is 0 Å². The average Bonchev–Trinajstić information content (AvgIpc) is 2.66. The lowest BCUT2D eigenvalue weighted by atomic mass is 10.0. The van der Waals surface area contributed by atoms with Crippen molar-refractivity contribution in [1.29, 1.82) is 0 Å². The molecule has 0 saturated heterocycles. The Morgan fingerprint density at radius 2 is 1.75 bits per heavy atom. The number of nitrogens with one attached hydrogen (secondary N) is 1. The maximum Gasteiger partial charge on any atom is 0.246 e. The molecule has 144 valence electrons. The SMILES string of the molecule is Cc1ccc(NC(=O)[C@@H](c2ccccc2)N(C)Cc2cccc(Cl)c2)cc1Cl. The van der Waals surface area contributed by atoms with Crippen molar-refractivity contribution in [2.24, 2.45) is 0 Å². The van der Waals surface area contributed by atoms with E-state index < -0.39 is 6.04 Å². The van der Waals surface area contributed by atoms with Crippen LogP contribution in [0.5, 0.6) is 0 Å². The molecule has 0 heterocycles. The van der Waals surface area contributed by atoms with E-state index in [0.717, 1.165) is 16.7 Å². The van der Waals surface area contributed by atoms with E-state index >= 15 is 0 Å². The van der Waals surface area contributed by atoms with Gasteiger partial charge in [0.1, 0.15) is 6.04 Å². The van der Waals surface area contributed by atoms with Gasteiger partial charge in [0, 0.05) is 22.3 Å². The van der Waals surface area contributed by atoms with Gasteiger partial charge < -0.3 is 5.32 Å². The Balaban J connectivity index is 1.85. The average molecular weight is 413 g/mol. The zero-order valence-electron chi connectivity index (χ0n) is 15.8. The van der Waals surface area contributed by atoms with Crippen molar-refractivity contribution in [1.82, 2.24) is 4.90 Å². The lowest BCUT2D eigenvalue weighted by molar-refractivity contribution is -0.121. The first-order valence-corrected chi connectivity index (χ1v) is 9.76. The van der Waals surface area contributed by atoms with E-state index in [0.29, 0.717) is 22.3 Å². The van der Waals surface area contributed by atoms with Crippen LogP contribution < -0.4 is 5.32 Å². The van der Waals surface area contributed by atoms with Gasteiger partial charge in [-0.25, -0.2) is 0 Å². The predicted octanol–water partition coefficient (Wildman–Crippen LogP) is 6.11. The minimum atomic E-state index is -0.458. The maximum atomic E-state index is 13.2. The molecule has 28 heavy (non-hydrogen) atoms. The molecule has 0 radical (unpaired) electrons. The van der Waals surface area contributed by atoms with E-state index in [-0.39, 0.29) is 5.91 Å². The van der Waals surface area contributed by atoms with E-state index in [1.54, 1.807) is 6.07 Å². The third-order valence-corrected chi connectivity index (χ3v) is 5.21. The molecule has 0 saturated carbocycles. The van der Waals surface area contributed by atoms with Crippen molar-refractivity contribution in [3.63, 3.8) is 0 Å². The molecular formula is C23H22Cl2N2O. The fraction of sp³-hybridized carbons (Fsp3) is 0.174. The number of benzene rings is 3. The van der Waals surface area contributed by atoms with Gasteiger partial charge in [-0.3, -0.25) is 9.69 Å². The number of hydrogen-bond acceptors (Lipinski definition) is 2. The number of nitrogens with zero attached hydrogens (tertiary/aromatic N) is 1. The summed E-state index contributed by atoms with van der Waals surface area (Å²) >= 11 is 12.3. The van der Waals surface area contributed by atoms with Gasteiger partial charge in [-0.05, 0) is 54.9 Å². The first-order valence-electron chi connectivity index (χ1n) is 9.00. The summed E-state index contributed by atoms with van der Waals surface area (Å²) in [5, 5.41) is 4.30. The zero-order chi connectivity index (χ0) is 20.1. The van der Waals surface area contributed by atoms with Crippen LogP contribution in [0.1, 0.15) is 22.7 Å². The first-order chi connectivity index (χ1) is 13.4. The molecule has 0 aliphatic rings. The lowest BCUT2D eigenvalue weighted by Gasteiger charge is -2.28. The van der Waals surface area contributed by atoms with E-state index in [1.165, 1.54) is 0 Å². The zero-order valence-corrected chi connectivity index (χ0v) is 17.3. The van der Waals surface area contributed by atoms with Gasteiger partial charge in [-0.15, -0.1) is 0 Å². The molecule has 5 heteroatoms. The fourth-order valence-electron chi connectivity index (χ4n) is 3.14. The second-order valence-corrected chi connectivity index (χ2v) is 7.66. The molecule has 3 rings (SSSR count). The number of likely N-dealkylation sites (N-methyl/N-ethyl adjacent to an activating group) is 1. The van der Waals surface area contributed by atoms with Crippen LogP contribution in [0.15, 0.2) is 72.8 Å². The predicted molar refractivity (Wildman–Crippen MR) is 117 cm³/mol. The molecule has 3 aromatic rings. The summed E-state index contributed by atoms with van der Waals surface area (Å²) in [6.07, 6.45) is 0. The van der Waals surface area contributed by atoms with Crippen molar-refractivity contribution < 1.29 is 4.79 Å². The number of carbonyl (C=O) groups is 1. The molecule has 1 atom stereocenters. The number of amides is 1. The fourth-order valence-corrected chi connectivity index (χ4v) is 3.53. The molecule has 0 aromatic heterocycles. The number of halogens is 2.